The molecule has 0 aliphatic rings. The Labute approximate surface area is 146 Å². The van der Waals surface area contributed by atoms with Gasteiger partial charge in [0.2, 0.25) is 0 Å². The molecule has 0 aliphatic carbocycles. The normalized spacial score (nSPS) is 13.4. The minimum Gasteiger partial charge on any atom is -0.261 e. The fraction of sp³-hybridized carbons (Fsp3) is 0.200. The predicted molar refractivity (Wildman–Crippen MR) is 97.2 cm³/mol. The van der Waals surface area contributed by atoms with E-state index < -0.39 is 5.41 Å². The summed E-state index contributed by atoms with van der Waals surface area (Å²) >= 11 is 0. The molecule has 0 radical (unpaired) electrons. The number of nitriles is 2. The van der Waals surface area contributed by atoms with Crippen molar-refractivity contribution in [2.24, 2.45) is 0 Å². The number of allylic oxidation sites excluding steroid dienone is 1. The molecular weight excluding hydrogens is 310 g/mol. The zero-order valence-electron chi connectivity index (χ0n) is 14.1. The molecular formula is C20H17N5. The molecule has 2 aromatic heterocycles. The first-order valence-corrected chi connectivity index (χ1v) is 8.02. The SMILES string of the molecule is CCC(C)(C#N)c1cc(C=CC#N)cc(-c2ccnc3[nH]ncc23)c1. The Morgan fingerprint density at radius 3 is 2.84 bits per heavy atom. The molecule has 2 heterocycles. The zero-order chi connectivity index (χ0) is 17.9. The highest BCUT2D eigenvalue weighted by Gasteiger charge is 2.25. The molecule has 0 saturated heterocycles. The third-order valence-electron chi connectivity index (χ3n) is 4.56. The van der Waals surface area contributed by atoms with Crippen LogP contribution in [0.2, 0.25) is 0 Å². The molecule has 3 rings (SSSR count). The number of H-pyrrole nitrogens is 1. The van der Waals surface area contributed by atoms with Crippen LogP contribution in [0.3, 0.4) is 0 Å². The van der Waals surface area contributed by atoms with E-state index in [9.17, 15) is 5.26 Å². The Balaban J connectivity index is 2.26. The average Bonchev–Trinajstić information content (AvgIpc) is 3.14. The molecule has 0 bridgehead atoms. The fourth-order valence-electron chi connectivity index (χ4n) is 2.81. The number of benzene rings is 1. The molecule has 1 atom stereocenters. The summed E-state index contributed by atoms with van der Waals surface area (Å²) in [5.74, 6) is 0. The molecule has 0 saturated carbocycles. The van der Waals surface area contributed by atoms with Crippen molar-refractivity contribution in [1.29, 1.82) is 10.5 Å². The summed E-state index contributed by atoms with van der Waals surface area (Å²) in [7, 11) is 0. The number of aromatic nitrogens is 3. The minimum absolute atomic E-state index is 0.589. The summed E-state index contributed by atoms with van der Waals surface area (Å²) in [6, 6.07) is 12.4. The van der Waals surface area contributed by atoms with E-state index in [4.69, 9.17) is 5.26 Å². The standard InChI is InChI=1S/C20H17N5/c1-3-20(2,13-22)16-10-14(5-4-7-21)9-15(11-16)17-6-8-23-19-18(17)12-24-25-19/h4-6,8-12H,3H2,1-2H3,(H,23,24,25). The maximum atomic E-state index is 9.66. The molecule has 122 valence electrons. The van der Waals surface area contributed by atoms with Gasteiger partial charge in [-0.25, -0.2) is 4.98 Å². The molecule has 0 spiro atoms. The van der Waals surface area contributed by atoms with Crippen molar-refractivity contribution in [2.75, 3.05) is 0 Å². The van der Waals surface area contributed by atoms with Crippen LogP contribution in [0.1, 0.15) is 31.4 Å². The lowest BCUT2D eigenvalue weighted by Crippen LogP contribution is -2.18. The van der Waals surface area contributed by atoms with Gasteiger partial charge < -0.3 is 0 Å². The molecule has 1 unspecified atom stereocenters. The van der Waals surface area contributed by atoms with E-state index in [-0.39, 0.29) is 0 Å². The maximum absolute atomic E-state index is 9.66. The van der Waals surface area contributed by atoms with E-state index in [1.807, 2.05) is 44.2 Å². The van der Waals surface area contributed by atoms with Crippen molar-refractivity contribution in [1.82, 2.24) is 15.2 Å². The summed E-state index contributed by atoms with van der Waals surface area (Å²) in [5, 5.41) is 26.4. The summed E-state index contributed by atoms with van der Waals surface area (Å²) in [4.78, 5) is 4.28. The third kappa shape index (κ3) is 3.00. The average molecular weight is 327 g/mol. The number of aromatic amines is 1. The summed E-state index contributed by atoms with van der Waals surface area (Å²) in [5.41, 5.74) is 3.91. The van der Waals surface area contributed by atoms with Crippen molar-refractivity contribution in [2.45, 2.75) is 25.7 Å². The van der Waals surface area contributed by atoms with Gasteiger partial charge in [-0.3, -0.25) is 5.10 Å². The number of hydrogen-bond donors (Lipinski definition) is 1. The van der Waals surface area contributed by atoms with E-state index >= 15 is 0 Å². The highest BCUT2D eigenvalue weighted by Crippen LogP contribution is 2.34. The van der Waals surface area contributed by atoms with Gasteiger partial charge in [0.05, 0.1) is 23.8 Å². The number of hydrogen-bond acceptors (Lipinski definition) is 4. The van der Waals surface area contributed by atoms with Crippen LogP contribution in [0.5, 0.6) is 0 Å². The van der Waals surface area contributed by atoms with Gasteiger partial charge in [-0.2, -0.15) is 15.6 Å². The molecule has 1 aromatic carbocycles. The lowest BCUT2D eigenvalue weighted by molar-refractivity contribution is 0.587. The molecule has 0 aliphatic heterocycles. The topological polar surface area (TPSA) is 89.1 Å². The van der Waals surface area contributed by atoms with Crippen LogP contribution < -0.4 is 0 Å². The second-order valence-electron chi connectivity index (χ2n) is 6.09. The number of nitrogens with zero attached hydrogens (tertiary/aromatic N) is 4. The van der Waals surface area contributed by atoms with Crippen LogP contribution in [0.25, 0.3) is 28.2 Å². The second-order valence-corrected chi connectivity index (χ2v) is 6.09. The van der Waals surface area contributed by atoms with E-state index in [0.717, 1.165) is 33.3 Å². The van der Waals surface area contributed by atoms with E-state index in [1.54, 1.807) is 18.5 Å². The Kier molecular flexibility index (Phi) is 4.33. The third-order valence-corrected chi connectivity index (χ3v) is 4.56. The van der Waals surface area contributed by atoms with Crippen molar-refractivity contribution < 1.29 is 0 Å². The van der Waals surface area contributed by atoms with Gasteiger partial charge in [0, 0.05) is 17.7 Å². The summed E-state index contributed by atoms with van der Waals surface area (Å²) < 4.78 is 0. The molecule has 5 heteroatoms. The van der Waals surface area contributed by atoms with Crippen LogP contribution in [0.4, 0.5) is 0 Å². The predicted octanol–water partition coefficient (Wildman–Crippen LogP) is 4.35. The quantitative estimate of drug-likeness (QED) is 0.721. The van der Waals surface area contributed by atoms with Gasteiger partial charge in [0.1, 0.15) is 0 Å². The Morgan fingerprint density at radius 2 is 2.12 bits per heavy atom. The first kappa shape index (κ1) is 16.4. The van der Waals surface area contributed by atoms with E-state index in [0.29, 0.717) is 6.42 Å². The van der Waals surface area contributed by atoms with Gasteiger partial charge in [0.15, 0.2) is 5.65 Å². The van der Waals surface area contributed by atoms with Crippen LogP contribution in [-0.4, -0.2) is 15.2 Å². The van der Waals surface area contributed by atoms with Crippen LogP contribution >= 0.6 is 0 Å². The molecule has 0 amide bonds. The first-order valence-electron chi connectivity index (χ1n) is 8.02. The van der Waals surface area contributed by atoms with Gasteiger partial charge in [-0.05, 0) is 59.9 Å². The number of pyridine rings is 1. The monoisotopic (exact) mass is 327 g/mol. The van der Waals surface area contributed by atoms with Gasteiger partial charge in [-0.15, -0.1) is 0 Å². The van der Waals surface area contributed by atoms with E-state index in [1.165, 1.54) is 6.08 Å². The number of nitrogens with one attached hydrogen (secondary N) is 1. The summed E-state index contributed by atoms with van der Waals surface area (Å²) in [6.07, 6.45) is 7.38. The smallest absolute Gasteiger partial charge is 0.155 e. The highest BCUT2D eigenvalue weighted by molar-refractivity contribution is 5.92. The van der Waals surface area contributed by atoms with Gasteiger partial charge in [0.25, 0.3) is 0 Å². The molecule has 1 N–H and O–H groups in total. The fourth-order valence-corrected chi connectivity index (χ4v) is 2.81. The first-order chi connectivity index (χ1) is 12.1. The maximum Gasteiger partial charge on any atom is 0.155 e. The van der Waals surface area contributed by atoms with Crippen LogP contribution in [-0.2, 0) is 5.41 Å². The zero-order valence-corrected chi connectivity index (χ0v) is 14.1. The minimum atomic E-state index is -0.589. The van der Waals surface area contributed by atoms with Crippen molar-refractivity contribution in [3.05, 3.63) is 53.9 Å². The molecule has 25 heavy (non-hydrogen) atoms. The van der Waals surface area contributed by atoms with E-state index in [2.05, 4.69) is 21.3 Å². The number of fused-ring (bicyclic) bond motifs is 1. The van der Waals surface area contributed by atoms with Gasteiger partial charge in [-0.1, -0.05) is 13.0 Å². The molecule has 0 fully saturated rings. The molecule has 5 nitrogen and oxygen atoms in total. The molecule has 3 aromatic rings. The lowest BCUT2D eigenvalue weighted by Gasteiger charge is -2.21. The Bertz CT molecular complexity index is 1030. The second kappa shape index (κ2) is 6.59. The summed E-state index contributed by atoms with van der Waals surface area (Å²) in [6.45, 7) is 3.94. The Morgan fingerprint density at radius 1 is 1.28 bits per heavy atom. The largest absolute Gasteiger partial charge is 0.261 e. The van der Waals surface area contributed by atoms with Gasteiger partial charge >= 0.3 is 0 Å². The highest BCUT2D eigenvalue weighted by atomic mass is 15.1. The van der Waals surface area contributed by atoms with Crippen molar-refractivity contribution in [3.63, 3.8) is 0 Å². The van der Waals surface area contributed by atoms with Crippen molar-refractivity contribution in [3.8, 4) is 23.3 Å². The van der Waals surface area contributed by atoms with Crippen molar-refractivity contribution >= 4 is 17.1 Å². The lowest BCUT2D eigenvalue weighted by atomic mass is 9.79. The number of rotatable bonds is 4. The Hall–Kier alpha value is -3.44. The van der Waals surface area contributed by atoms with Crippen LogP contribution in [0.15, 0.2) is 42.7 Å². The van der Waals surface area contributed by atoms with Crippen LogP contribution in [0, 0.1) is 22.7 Å².